The normalized spacial score (nSPS) is 19.2. The number of hydrogen-bond acceptors (Lipinski definition) is 7. The van der Waals surface area contributed by atoms with Gasteiger partial charge in [-0.2, -0.15) is 0 Å². The number of nitrogens with zero attached hydrogens (tertiary/aromatic N) is 1. The minimum atomic E-state index is -3.08. The average molecular weight is 816 g/mol. The van der Waals surface area contributed by atoms with Crippen LogP contribution in [0.5, 0.6) is 5.75 Å². The van der Waals surface area contributed by atoms with Crippen molar-refractivity contribution in [3.63, 3.8) is 0 Å². The van der Waals surface area contributed by atoms with Crippen LogP contribution in [0.15, 0.2) is 126 Å². The van der Waals surface area contributed by atoms with E-state index in [1.807, 2.05) is 84.9 Å². The summed E-state index contributed by atoms with van der Waals surface area (Å²) in [6.07, 6.45) is 3.43. The van der Waals surface area contributed by atoms with Gasteiger partial charge in [0.15, 0.2) is 0 Å². The summed E-state index contributed by atoms with van der Waals surface area (Å²) in [5.41, 5.74) is 4.14. The molecule has 0 radical (unpaired) electrons. The lowest BCUT2D eigenvalue weighted by Crippen LogP contribution is -2.66. The number of carboxylic acid groups (broad SMARTS) is 1. The molecule has 1 saturated heterocycles. The Balaban J connectivity index is 1.39. The summed E-state index contributed by atoms with van der Waals surface area (Å²) in [6, 6.07) is 37.3. The van der Waals surface area contributed by atoms with Crippen LogP contribution in [-0.2, 0) is 18.8 Å². The van der Waals surface area contributed by atoms with E-state index in [2.05, 4.69) is 45.0 Å². The molecule has 4 atom stereocenters. The number of carbonyl (C=O) groups excluding carboxylic acids is 2. The van der Waals surface area contributed by atoms with Crippen LogP contribution in [0.3, 0.4) is 0 Å². The van der Waals surface area contributed by atoms with Gasteiger partial charge in [-0.3, -0.25) is 19.3 Å². The van der Waals surface area contributed by atoms with E-state index in [4.69, 9.17) is 9.53 Å². The second-order valence-corrected chi connectivity index (χ2v) is 21.2. The van der Waals surface area contributed by atoms with E-state index in [9.17, 15) is 29.7 Å². The number of benzene rings is 4. The number of phenolic OH excluding ortho intramolecular Hbond substituents is 1. The molecule has 0 aromatic heterocycles. The molecule has 0 bridgehead atoms. The van der Waals surface area contributed by atoms with Gasteiger partial charge >= 0.3 is 5.97 Å². The number of amides is 2. The minimum Gasteiger partial charge on any atom is -0.508 e. The zero-order valence-corrected chi connectivity index (χ0v) is 35.3. The Morgan fingerprint density at radius 2 is 1.42 bits per heavy atom. The molecule has 59 heavy (non-hydrogen) atoms. The molecular formula is C49H57NO8Si. The zero-order chi connectivity index (χ0) is 42.2. The fourth-order valence-electron chi connectivity index (χ4n) is 9.23. The van der Waals surface area contributed by atoms with Crippen molar-refractivity contribution >= 4 is 48.1 Å². The molecule has 0 spiro atoms. The van der Waals surface area contributed by atoms with E-state index < -0.39 is 44.8 Å². The van der Waals surface area contributed by atoms with Crippen LogP contribution in [0.1, 0.15) is 76.8 Å². The van der Waals surface area contributed by atoms with Crippen molar-refractivity contribution in [3.05, 3.63) is 138 Å². The average Bonchev–Trinajstić information content (AvgIpc) is 3.47. The predicted molar refractivity (Wildman–Crippen MR) is 233 cm³/mol. The molecule has 0 unspecified atom stereocenters. The number of carbonyl (C=O) groups is 3. The molecule has 310 valence electrons. The van der Waals surface area contributed by atoms with Crippen molar-refractivity contribution in [1.29, 1.82) is 0 Å². The molecule has 4 aromatic carbocycles. The highest BCUT2D eigenvalue weighted by molar-refractivity contribution is 6.99. The standard InChI is InChI=1S/C49H57NO8Si/c1-49(2,3)59(39-18-10-5-11-19-39,40-20-12-6-13-21-40)58-33-37-31-41-46(48(57)50(47(41)56)29-15-7-14-22-44(54)55)42(32-51)45(37)43(53)28-25-36(35-16-8-4-9-17-35)30-34-23-26-38(52)27-24-34/h4-6,8-13,16-21,23-24,26-27,30,41-43,46,51-53H,7,14-15,22,25,28-29,31-33H2,1-3H3,(H,54,55)/b36-30-/t41-,42+,43-,46-/m1/s1. The summed E-state index contributed by atoms with van der Waals surface area (Å²) >= 11 is 0. The Hall–Kier alpha value is -5.13. The van der Waals surface area contributed by atoms with Crippen molar-refractivity contribution in [3.8, 4) is 5.75 Å². The third kappa shape index (κ3) is 9.68. The van der Waals surface area contributed by atoms with Crippen molar-refractivity contribution in [2.45, 2.75) is 76.9 Å². The first-order valence-corrected chi connectivity index (χ1v) is 22.6. The number of allylic oxidation sites excluding steroid dienone is 1. The fraction of sp³-hybridized carbons (Fsp3) is 0.367. The molecule has 6 rings (SSSR count). The highest BCUT2D eigenvalue weighted by Gasteiger charge is 2.56. The summed E-state index contributed by atoms with van der Waals surface area (Å²) in [6.45, 7) is 6.42. The second-order valence-electron chi connectivity index (χ2n) is 16.9. The van der Waals surface area contributed by atoms with Crippen LogP contribution >= 0.6 is 0 Å². The number of aliphatic hydroxyl groups excluding tert-OH is 2. The van der Waals surface area contributed by atoms with Crippen LogP contribution in [0, 0.1) is 17.8 Å². The maximum Gasteiger partial charge on any atom is 0.303 e. The molecule has 10 heteroatoms. The zero-order valence-electron chi connectivity index (χ0n) is 34.3. The number of unbranched alkanes of at least 4 members (excludes halogenated alkanes) is 2. The number of phenols is 1. The Kier molecular flexibility index (Phi) is 14.2. The Morgan fingerprint density at radius 1 is 0.831 bits per heavy atom. The van der Waals surface area contributed by atoms with E-state index in [0.717, 1.165) is 32.6 Å². The van der Waals surface area contributed by atoms with Gasteiger partial charge in [0.25, 0.3) is 8.32 Å². The smallest absolute Gasteiger partial charge is 0.303 e. The maximum atomic E-state index is 14.2. The van der Waals surface area contributed by atoms with Gasteiger partial charge < -0.3 is 24.9 Å². The number of fused-ring (bicyclic) bond motifs is 1. The van der Waals surface area contributed by atoms with Crippen LogP contribution in [0.4, 0.5) is 0 Å². The molecule has 1 heterocycles. The molecule has 9 nitrogen and oxygen atoms in total. The van der Waals surface area contributed by atoms with Gasteiger partial charge in [-0.05, 0) is 87.5 Å². The van der Waals surface area contributed by atoms with Crippen LogP contribution < -0.4 is 10.4 Å². The first-order valence-electron chi connectivity index (χ1n) is 20.7. The minimum absolute atomic E-state index is 0.0235. The molecular weight excluding hydrogens is 759 g/mol. The Morgan fingerprint density at radius 3 is 1.98 bits per heavy atom. The highest BCUT2D eigenvalue weighted by atomic mass is 28.4. The van der Waals surface area contributed by atoms with Gasteiger partial charge in [0.05, 0.1) is 31.2 Å². The molecule has 1 fully saturated rings. The van der Waals surface area contributed by atoms with E-state index in [0.29, 0.717) is 31.3 Å². The second kappa shape index (κ2) is 19.3. The quantitative estimate of drug-likeness (QED) is 0.0272. The topological polar surface area (TPSA) is 145 Å². The molecule has 2 aliphatic rings. The summed E-state index contributed by atoms with van der Waals surface area (Å²) in [5.74, 6) is -3.73. The van der Waals surface area contributed by atoms with Crippen molar-refractivity contribution in [2.75, 3.05) is 19.8 Å². The third-order valence-electron chi connectivity index (χ3n) is 12.0. The highest BCUT2D eigenvalue weighted by Crippen LogP contribution is 2.47. The van der Waals surface area contributed by atoms with Gasteiger partial charge in [0, 0.05) is 18.9 Å². The van der Waals surface area contributed by atoms with Crippen LogP contribution in [0.2, 0.25) is 5.04 Å². The third-order valence-corrected chi connectivity index (χ3v) is 17.0. The van der Waals surface area contributed by atoms with Gasteiger partial charge in [0.1, 0.15) is 5.75 Å². The first kappa shape index (κ1) is 43.4. The number of aliphatic hydroxyl groups is 2. The summed E-state index contributed by atoms with van der Waals surface area (Å²) in [7, 11) is -3.08. The molecule has 4 N–H and O–H groups in total. The number of carboxylic acids is 1. The molecule has 2 amide bonds. The Labute approximate surface area is 348 Å². The summed E-state index contributed by atoms with van der Waals surface area (Å²) < 4.78 is 7.41. The summed E-state index contributed by atoms with van der Waals surface area (Å²) in [5, 5.41) is 44.4. The van der Waals surface area contributed by atoms with E-state index >= 15 is 0 Å². The molecule has 1 aliphatic heterocycles. The number of aromatic hydroxyl groups is 1. The fourth-order valence-corrected chi connectivity index (χ4v) is 13.8. The molecule has 4 aromatic rings. The number of aliphatic carboxylic acids is 1. The molecule has 1 aliphatic carbocycles. The van der Waals surface area contributed by atoms with E-state index in [-0.39, 0.29) is 55.0 Å². The van der Waals surface area contributed by atoms with Crippen LogP contribution in [-0.4, -0.2) is 77.3 Å². The number of imide groups is 1. The first-order chi connectivity index (χ1) is 28.4. The van der Waals surface area contributed by atoms with Crippen LogP contribution in [0.25, 0.3) is 11.6 Å². The Bertz CT molecular complexity index is 2070. The van der Waals surface area contributed by atoms with Gasteiger partial charge in [-0.25, -0.2) is 0 Å². The number of likely N-dealkylation sites (tertiary alicyclic amines) is 1. The lowest BCUT2D eigenvalue weighted by atomic mass is 9.68. The van der Waals surface area contributed by atoms with Gasteiger partial charge in [-0.15, -0.1) is 0 Å². The predicted octanol–water partition coefficient (Wildman–Crippen LogP) is 7.21. The van der Waals surface area contributed by atoms with Crippen molar-refractivity contribution < 1.29 is 39.2 Å². The number of hydrogen-bond donors (Lipinski definition) is 4. The maximum absolute atomic E-state index is 14.2. The largest absolute Gasteiger partial charge is 0.508 e. The van der Waals surface area contributed by atoms with Crippen molar-refractivity contribution in [1.82, 2.24) is 4.90 Å². The van der Waals surface area contributed by atoms with E-state index in [1.165, 1.54) is 4.90 Å². The van der Waals surface area contributed by atoms with Crippen molar-refractivity contribution in [2.24, 2.45) is 17.8 Å². The molecule has 0 saturated carbocycles. The monoisotopic (exact) mass is 815 g/mol. The number of rotatable bonds is 18. The summed E-state index contributed by atoms with van der Waals surface area (Å²) in [4.78, 5) is 40.7. The lowest BCUT2D eigenvalue weighted by Gasteiger charge is -2.44. The van der Waals surface area contributed by atoms with E-state index in [1.54, 1.807) is 12.1 Å². The van der Waals surface area contributed by atoms with Gasteiger partial charge in [-0.1, -0.05) is 136 Å². The van der Waals surface area contributed by atoms with Gasteiger partial charge in [0.2, 0.25) is 11.8 Å². The lowest BCUT2D eigenvalue weighted by molar-refractivity contribution is -0.141. The SMILES string of the molecule is CC(C)(C)[Si](OCC1=C([C@H](O)CC/C(=C/c2ccc(O)cc2)c2ccccc2)[C@H](CO)[C@@H]2C(=O)N(CCCCCC(=O)O)C(=O)[C@@H]2C1)(c1ccccc1)c1ccccc1.